The van der Waals surface area contributed by atoms with Gasteiger partial charge in [-0.2, -0.15) is 0 Å². The zero-order valence-corrected chi connectivity index (χ0v) is 9.14. The molecule has 4 rings (SSSR count). The molecule has 2 aromatic carbocycles. The first-order chi connectivity index (χ1) is 8.43. The largest absolute Gasteiger partial charge is 0.353 e. The molecule has 0 aliphatic rings. The Balaban J connectivity index is 2.34. The molecule has 0 aliphatic heterocycles. The van der Waals surface area contributed by atoms with Crippen LogP contribution in [0.15, 0.2) is 54.7 Å². The first-order valence-corrected chi connectivity index (χ1v) is 5.68. The molecular weight excluding hydrogens is 208 g/mol. The van der Waals surface area contributed by atoms with E-state index in [1.165, 1.54) is 21.7 Å². The van der Waals surface area contributed by atoms with Crippen molar-refractivity contribution in [3.05, 3.63) is 54.7 Å². The van der Waals surface area contributed by atoms with E-state index in [1.807, 2.05) is 18.3 Å². The third-order valence-electron chi connectivity index (χ3n) is 3.25. The fourth-order valence-corrected chi connectivity index (χ4v) is 2.46. The fourth-order valence-electron chi connectivity index (χ4n) is 2.46. The van der Waals surface area contributed by atoms with Gasteiger partial charge in [0.25, 0.3) is 0 Å². The molecule has 0 atom stereocenters. The Morgan fingerprint density at radius 2 is 1.76 bits per heavy atom. The van der Waals surface area contributed by atoms with Crippen molar-refractivity contribution in [2.24, 2.45) is 0 Å². The van der Waals surface area contributed by atoms with Gasteiger partial charge in [0.15, 0.2) is 0 Å². The normalized spacial score (nSPS) is 11.5. The summed E-state index contributed by atoms with van der Waals surface area (Å²) in [5.74, 6) is 0. The van der Waals surface area contributed by atoms with Crippen LogP contribution in [0, 0.1) is 0 Å². The second-order valence-electron chi connectivity index (χ2n) is 4.23. The molecule has 2 heterocycles. The Bertz CT molecular complexity index is 843. The van der Waals surface area contributed by atoms with Crippen molar-refractivity contribution in [1.82, 2.24) is 9.97 Å². The minimum Gasteiger partial charge on any atom is -0.353 e. The van der Waals surface area contributed by atoms with Crippen LogP contribution in [0.1, 0.15) is 0 Å². The van der Waals surface area contributed by atoms with E-state index >= 15 is 0 Å². The summed E-state index contributed by atoms with van der Waals surface area (Å²) in [6.07, 6.45) is 1.84. The second-order valence-corrected chi connectivity index (χ2v) is 4.23. The van der Waals surface area contributed by atoms with Gasteiger partial charge in [0.05, 0.1) is 11.0 Å². The maximum Gasteiger partial charge on any atom is 0.0943 e. The highest BCUT2D eigenvalue weighted by atomic mass is 14.8. The predicted octanol–water partition coefficient (Wildman–Crippen LogP) is 3.87. The van der Waals surface area contributed by atoms with E-state index in [0.29, 0.717) is 0 Å². The standard InChI is InChI=1S/C15H10N2/c1-2-6-13-11(5-1)12-8-7-10-4-3-9-16-14(10)15(12)17-13/h1-9,17H. The zero-order chi connectivity index (χ0) is 11.2. The summed E-state index contributed by atoms with van der Waals surface area (Å²) >= 11 is 0. The molecule has 0 saturated heterocycles. The van der Waals surface area contributed by atoms with Crippen molar-refractivity contribution >= 4 is 32.7 Å². The molecular formula is C15H10N2. The van der Waals surface area contributed by atoms with Crippen LogP contribution in [0.4, 0.5) is 0 Å². The SMILES string of the molecule is c1cnc2c(c1)ccc1c3ccccc3[nH]c12. The molecule has 2 nitrogen and oxygen atoms in total. The minimum absolute atomic E-state index is 1.04. The van der Waals surface area contributed by atoms with E-state index in [0.717, 1.165) is 11.0 Å². The van der Waals surface area contributed by atoms with Gasteiger partial charge in [0, 0.05) is 27.9 Å². The van der Waals surface area contributed by atoms with Crippen molar-refractivity contribution in [2.45, 2.75) is 0 Å². The maximum absolute atomic E-state index is 4.47. The van der Waals surface area contributed by atoms with Crippen LogP contribution in [0.25, 0.3) is 32.7 Å². The van der Waals surface area contributed by atoms with Crippen LogP contribution in [-0.2, 0) is 0 Å². The third kappa shape index (κ3) is 1.12. The molecule has 0 bridgehead atoms. The van der Waals surface area contributed by atoms with Crippen molar-refractivity contribution in [1.29, 1.82) is 0 Å². The lowest BCUT2D eigenvalue weighted by Crippen LogP contribution is -1.78. The van der Waals surface area contributed by atoms with Crippen molar-refractivity contribution in [3.8, 4) is 0 Å². The summed E-state index contributed by atoms with van der Waals surface area (Å²) in [6.45, 7) is 0. The summed E-state index contributed by atoms with van der Waals surface area (Å²) in [4.78, 5) is 7.93. The van der Waals surface area contributed by atoms with Crippen LogP contribution in [0.5, 0.6) is 0 Å². The first-order valence-electron chi connectivity index (χ1n) is 5.68. The molecule has 0 saturated carbocycles. The number of pyridine rings is 1. The molecule has 1 N–H and O–H groups in total. The van der Waals surface area contributed by atoms with Gasteiger partial charge < -0.3 is 4.98 Å². The van der Waals surface area contributed by atoms with E-state index in [9.17, 15) is 0 Å². The number of aromatic amines is 1. The summed E-state index contributed by atoms with van der Waals surface area (Å²) < 4.78 is 0. The molecule has 0 aliphatic carbocycles. The van der Waals surface area contributed by atoms with Gasteiger partial charge in [-0.25, -0.2) is 0 Å². The lowest BCUT2D eigenvalue weighted by atomic mass is 10.1. The Morgan fingerprint density at radius 3 is 2.76 bits per heavy atom. The highest BCUT2D eigenvalue weighted by Crippen LogP contribution is 2.29. The maximum atomic E-state index is 4.47. The zero-order valence-electron chi connectivity index (χ0n) is 9.14. The smallest absolute Gasteiger partial charge is 0.0943 e. The van der Waals surface area contributed by atoms with Gasteiger partial charge in [-0.1, -0.05) is 36.4 Å². The molecule has 2 heteroatoms. The second kappa shape index (κ2) is 3.08. The average Bonchev–Trinajstić information content (AvgIpc) is 2.78. The van der Waals surface area contributed by atoms with Crippen LogP contribution in [0.2, 0.25) is 0 Å². The number of hydrogen-bond donors (Lipinski definition) is 1. The summed E-state index contributed by atoms with van der Waals surface area (Å²) in [7, 11) is 0. The Kier molecular flexibility index (Phi) is 1.59. The Labute approximate surface area is 97.9 Å². The Morgan fingerprint density at radius 1 is 0.824 bits per heavy atom. The monoisotopic (exact) mass is 218 g/mol. The molecule has 80 valence electrons. The third-order valence-corrected chi connectivity index (χ3v) is 3.25. The van der Waals surface area contributed by atoms with Gasteiger partial charge in [-0.15, -0.1) is 0 Å². The highest BCUT2D eigenvalue weighted by Gasteiger charge is 2.06. The summed E-state index contributed by atoms with van der Waals surface area (Å²) in [5, 5.41) is 3.67. The number of aromatic nitrogens is 2. The van der Waals surface area contributed by atoms with Crippen LogP contribution in [0.3, 0.4) is 0 Å². The Hall–Kier alpha value is -2.35. The van der Waals surface area contributed by atoms with Crippen LogP contribution in [-0.4, -0.2) is 9.97 Å². The van der Waals surface area contributed by atoms with Gasteiger partial charge >= 0.3 is 0 Å². The molecule has 0 fully saturated rings. The van der Waals surface area contributed by atoms with Gasteiger partial charge in [0.2, 0.25) is 0 Å². The molecule has 0 spiro atoms. The van der Waals surface area contributed by atoms with E-state index in [-0.39, 0.29) is 0 Å². The number of rotatable bonds is 0. The van der Waals surface area contributed by atoms with Crippen molar-refractivity contribution < 1.29 is 0 Å². The van der Waals surface area contributed by atoms with Crippen molar-refractivity contribution in [3.63, 3.8) is 0 Å². The number of H-pyrrole nitrogens is 1. The van der Waals surface area contributed by atoms with E-state index in [2.05, 4.69) is 46.4 Å². The lowest BCUT2D eigenvalue weighted by Gasteiger charge is -1.97. The van der Waals surface area contributed by atoms with E-state index in [4.69, 9.17) is 0 Å². The van der Waals surface area contributed by atoms with Gasteiger partial charge in [0.1, 0.15) is 0 Å². The average molecular weight is 218 g/mol. The predicted molar refractivity (Wildman–Crippen MR) is 71.1 cm³/mol. The van der Waals surface area contributed by atoms with Gasteiger partial charge in [-0.3, -0.25) is 4.98 Å². The number of nitrogens with zero attached hydrogens (tertiary/aromatic N) is 1. The molecule has 17 heavy (non-hydrogen) atoms. The molecule has 2 aromatic heterocycles. The first kappa shape index (κ1) is 8.76. The molecule has 0 amide bonds. The van der Waals surface area contributed by atoms with Crippen molar-refractivity contribution in [2.75, 3.05) is 0 Å². The van der Waals surface area contributed by atoms with Gasteiger partial charge in [-0.05, 0) is 12.1 Å². The number of nitrogens with one attached hydrogen (secondary N) is 1. The quantitative estimate of drug-likeness (QED) is 0.477. The van der Waals surface area contributed by atoms with Crippen LogP contribution >= 0.6 is 0 Å². The number of para-hydroxylation sites is 1. The molecule has 4 aromatic rings. The fraction of sp³-hybridized carbons (Fsp3) is 0. The number of fused-ring (bicyclic) bond motifs is 5. The number of benzene rings is 2. The highest BCUT2D eigenvalue weighted by molar-refractivity contribution is 6.15. The van der Waals surface area contributed by atoms with E-state index < -0.39 is 0 Å². The van der Waals surface area contributed by atoms with E-state index in [1.54, 1.807) is 0 Å². The summed E-state index contributed by atoms with van der Waals surface area (Å²) in [5.41, 5.74) is 3.34. The minimum atomic E-state index is 1.04. The number of hydrogen-bond acceptors (Lipinski definition) is 1. The molecule has 0 radical (unpaired) electrons. The molecule has 0 unspecified atom stereocenters. The summed E-state index contributed by atoms with van der Waals surface area (Å²) in [6, 6.07) is 16.7. The lowest BCUT2D eigenvalue weighted by molar-refractivity contribution is 1.41. The van der Waals surface area contributed by atoms with Crippen LogP contribution < -0.4 is 0 Å². The topological polar surface area (TPSA) is 28.7 Å².